The van der Waals surface area contributed by atoms with Crippen LogP contribution in [0.3, 0.4) is 0 Å². The Balaban J connectivity index is 3.23. The van der Waals surface area contributed by atoms with Gasteiger partial charge in [-0.05, 0) is 0 Å². The van der Waals surface area contributed by atoms with E-state index in [-0.39, 0.29) is 6.61 Å². The van der Waals surface area contributed by atoms with Crippen molar-refractivity contribution in [3.05, 3.63) is 0 Å². The molecule has 0 saturated heterocycles. The third-order valence-corrected chi connectivity index (χ3v) is 1.09. The Morgan fingerprint density at radius 1 is 1.50 bits per heavy atom. The van der Waals surface area contributed by atoms with Crippen molar-refractivity contribution in [2.45, 2.75) is 6.29 Å². The van der Waals surface area contributed by atoms with Gasteiger partial charge in [0.05, 0.1) is 6.54 Å². The molecule has 6 nitrogen and oxygen atoms in total. The Morgan fingerprint density at radius 2 is 2.08 bits per heavy atom. The van der Waals surface area contributed by atoms with Crippen LogP contribution in [0.25, 0.3) is 0 Å². The molecule has 0 radical (unpaired) electrons. The molecule has 12 heavy (non-hydrogen) atoms. The highest BCUT2D eigenvalue weighted by molar-refractivity contribution is 5.74. The van der Waals surface area contributed by atoms with Crippen molar-refractivity contribution in [2.75, 3.05) is 27.4 Å². The topological polar surface area (TPSA) is 82.8 Å². The van der Waals surface area contributed by atoms with Gasteiger partial charge in [0.1, 0.15) is 6.61 Å². The van der Waals surface area contributed by atoms with Gasteiger partial charge in [0.2, 0.25) is 5.91 Å². The summed E-state index contributed by atoms with van der Waals surface area (Å²) in [6.45, 7) is 0.167. The number of nitrogens with one attached hydrogen (secondary N) is 1. The van der Waals surface area contributed by atoms with Crippen LogP contribution in [0.1, 0.15) is 0 Å². The molecule has 6 heteroatoms. The predicted octanol–water partition coefficient (Wildman–Crippen LogP) is -1.39. The molecule has 72 valence electrons. The molecule has 0 aromatic carbocycles. The number of rotatable bonds is 7. The van der Waals surface area contributed by atoms with Crippen molar-refractivity contribution in [1.29, 1.82) is 0 Å². The molecule has 0 heterocycles. The summed E-state index contributed by atoms with van der Waals surface area (Å²) in [4.78, 5) is 14.8. The molecule has 0 unspecified atom stereocenters. The van der Waals surface area contributed by atoms with Gasteiger partial charge in [0, 0.05) is 14.2 Å². The Kier molecular flexibility index (Phi) is 6.58. The molecule has 0 spiro atoms. The summed E-state index contributed by atoms with van der Waals surface area (Å²) < 4.78 is 9.65. The van der Waals surface area contributed by atoms with Crippen molar-refractivity contribution in [2.24, 2.45) is 5.73 Å². The van der Waals surface area contributed by atoms with Crippen LogP contribution in [-0.4, -0.2) is 39.6 Å². The van der Waals surface area contributed by atoms with Crippen molar-refractivity contribution < 1.29 is 19.1 Å². The predicted molar refractivity (Wildman–Crippen MR) is 41.0 cm³/mol. The smallest absolute Gasteiger partial charge is 0.245 e. The first-order valence-electron chi connectivity index (χ1n) is 3.39. The van der Waals surface area contributed by atoms with Gasteiger partial charge in [-0.15, -0.1) is 0 Å². The van der Waals surface area contributed by atoms with Crippen LogP contribution >= 0.6 is 0 Å². The van der Waals surface area contributed by atoms with E-state index in [1.165, 1.54) is 14.2 Å². The van der Waals surface area contributed by atoms with E-state index in [0.717, 1.165) is 0 Å². The summed E-state index contributed by atoms with van der Waals surface area (Å²) >= 11 is 0. The molecule has 0 aliphatic rings. The number of carbonyl (C=O) groups excluding carboxylic acids is 1. The van der Waals surface area contributed by atoms with E-state index in [1.54, 1.807) is 0 Å². The van der Waals surface area contributed by atoms with Gasteiger partial charge >= 0.3 is 0 Å². The minimum atomic E-state index is -0.533. The van der Waals surface area contributed by atoms with E-state index in [1.807, 2.05) is 0 Å². The van der Waals surface area contributed by atoms with Gasteiger partial charge in [0.25, 0.3) is 0 Å². The van der Waals surface area contributed by atoms with E-state index < -0.39 is 12.2 Å². The normalized spacial score (nSPS) is 10.6. The van der Waals surface area contributed by atoms with E-state index in [9.17, 15) is 4.79 Å². The zero-order chi connectivity index (χ0) is 9.40. The first-order valence-corrected chi connectivity index (χ1v) is 3.39. The maximum Gasteiger partial charge on any atom is 0.245 e. The SMILES string of the molecule is COC(CNOCC(N)=O)OC. The summed E-state index contributed by atoms with van der Waals surface area (Å²) in [6, 6.07) is 0. The summed E-state index contributed by atoms with van der Waals surface area (Å²) in [7, 11) is 3.01. The van der Waals surface area contributed by atoms with Gasteiger partial charge in [-0.3, -0.25) is 9.63 Å². The highest BCUT2D eigenvalue weighted by Gasteiger charge is 2.03. The van der Waals surface area contributed by atoms with Gasteiger partial charge in [-0.1, -0.05) is 0 Å². The highest BCUT2D eigenvalue weighted by atomic mass is 16.7. The van der Waals surface area contributed by atoms with Gasteiger partial charge in [0.15, 0.2) is 6.29 Å². The third-order valence-electron chi connectivity index (χ3n) is 1.09. The second kappa shape index (κ2) is 6.99. The first kappa shape index (κ1) is 11.3. The van der Waals surface area contributed by atoms with E-state index in [4.69, 9.17) is 15.2 Å². The van der Waals surface area contributed by atoms with Gasteiger partial charge < -0.3 is 15.2 Å². The van der Waals surface area contributed by atoms with Crippen LogP contribution in [0.5, 0.6) is 0 Å². The number of methoxy groups -OCH3 is 2. The van der Waals surface area contributed by atoms with Crippen molar-refractivity contribution in [3.63, 3.8) is 0 Å². The van der Waals surface area contributed by atoms with E-state index in [2.05, 4.69) is 10.3 Å². The standard InChI is InChI=1S/C6H14N2O4/c1-10-6(11-2)3-8-12-4-5(7)9/h6,8H,3-4H2,1-2H3,(H2,7,9). The lowest BCUT2D eigenvalue weighted by atomic mass is 10.6. The second-order valence-corrected chi connectivity index (χ2v) is 2.00. The zero-order valence-electron chi connectivity index (χ0n) is 7.20. The molecular formula is C6H14N2O4. The van der Waals surface area contributed by atoms with Crippen LogP contribution in [0.15, 0.2) is 0 Å². The number of nitrogens with two attached hydrogens (primary N) is 1. The molecule has 0 rings (SSSR count). The molecule has 3 N–H and O–H groups in total. The molecule has 1 amide bonds. The van der Waals surface area contributed by atoms with Gasteiger partial charge in [-0.25, -0.2) is 0 Å². The third kappa shape index (κ3) is 6.05. The molecule has 0 saturated carbocycles. The molecule has 0 bridgehead atoms. The average molecular weight is 178 g/mol. The minimum Gasteiger partial charge on any atom is -0.368 e. The molecule has 0 aromatic rings. The Labute approximate surface area is 70.9 Å². The Morgan fingerprint density at radius 3 is 2.50 bits per heavy atom. The van der Waals surface area contributed by atoms with Crippen LogP contribution in [-0.2, 0) is 19.1 Å². The van der Waals surface area contributed by atoms with E-state index in [0.29, 0.717) is 6.54 Å². The molecule has 0 aromatic heterocycles. The number of hydrogen-bond donors (Lipinski definition) is 2. The summed E-state index contributed by atoms with van der Waals surface area (Å²) in [5, 5.41) is 0. The number of hydrogen-bond acceptors (Lipinski definition) is 5. The molecule has 0 atom stereocenters. The summed E-state index contributed by atoms with van der Waals surface area (Å²) in [6.07, 6.45) is -0.391. The lowest BCUT2D eigenvalue weighted by molar-refractivity contribution is -0.135. The Hall–Kier alpha value is -0.690. The van der Waals surface area contributed by atoms with Crippen LogP contribution < -0.4 is 11.2 Å². The highest BCUT2D eigenvalue weighted by Crippen LogP contribution is 1.86. The molecule has 0 aliphatic carbocycles. The molecular weight excluding hydrogens is 164 g/mol. The van der Waals surface area contributed by atoms with Crippen molar-refractivity contribution in [3.8, 4) is 0 Å². The number of hydroxylamine groups is 1. The number of ether oxygens (including phenoxy) is 2. The second-order valence-electron chi connectivity index (χ2n) is 2.00. The number of primary amides is 1. The van der Waals surface area contributed by atoms with Crippen molar-refractivity contribution >= 4 is 5.91 Å². The number of amides is 1. The quantitative estimate of drug-likeness (QED) is 0.285. The summed E-state index contributed by atoms with van der Waals surface area (Å²) in [5.41, 5.74) is 7.28. The van der Waals surface area contributed by atoms with Crippen LogP contribution in [0.2, 0.25) is 0 Å². The maximum atomic E-state index is 10.2. The fraction of sp³-hybridized carbons (Fsp3) is 0.833. The fourth-order valence-corrected chi connectivity index (χ4v) is 0.512. The van der Waals surface area contributed by atoms with E-state index >= 15 is 0 Å². The average Bonchev–Trinajstić information content (AvgIpc) is 2.04. The van der Waals surface area contributed by atoms with Gasteiger partial charge in [-0.2, -0.15) is 5.48 Å². The maximum absolute atomic E-state index is 10.2. The zero-order valence-corrected chi connectivity index (χ0v) is 7.20. The molecule has 0 aliphatic heterocycles. The monoisotopic (exact) mass is 178 g/mol. The summed E-state index contributed by atoms with van der Waals surface area (Å²) in [5.74, 6) is -0.533. The Bertz CT molecular complexity index is 127. The fourth-order valence-electron chi connectivity index (χ4n) is 0.512. The first-order chi connectivity index (χ1) is 5.70. The van der Waals surface area contributed by atoms with Crippen molar-refractivity contribution in [1.82, 2.24) is 5.48 Å². The molecule has 0 fully saturated rings. The largest absolute Gasteiger partial charge is 0.368 e. The lowest BCUT2D eigenvalue weighted by Crippen LogP contribution is -2.32. The minimum absolute atomic E-state index is 0.167. The lowest BCUT2D eigenvalue weighted by Gasteiger charge is -2.13. The van der Waals surface area contributed by atoms with Crippen LogP contribution in [0, 0.1) is 0 Å². The van der Waals surface area contributed by atoms with Crippen LogP contribution in [0.4, 0.5) is 0 Å². The number of carbonyl (C=O) groups is 1.